The van der Waals surface area contributed by atoms with Crippen molar-refractivity contribution in [3.05, 3.63) is 102 Å². The van der Waals surface area contributed by atoms with Gasteiger partial charge in [-0.2, -0.15) is 0 Å². The van der Waals surface area contributed by atoms with Gasteiger partial charge in [0, 0.05) is 13.1 Å². The van der Waals surface area contributed by atoms with E-state index >= 15 is 0 Å². The average molecular weight is 503 g/mol. The van der Waals surface area contributed by atoms with E-state index in [9.17, 15) is 14.7 Å². The summed E-state index contributed by atoms with van der Waals surface area (Å²) in [5, 5.41) is 20.2. The van der Waals surface area contributed by atoms with Crippen molar-refractivity contribution in [2.24, 2.45) is 5.73 Å². The average Bonchev–Trinajstić information content (AvgIpc) is 2.91. The molecule has 0 aliphatic carbocycles. The Morgan fingerprint density at radius 3 is 2.03 bits per heavy atom. The third-order valence-electron chi connectivity index (χ3n) is 6.23. The first-order valence-electron chi connectivity index (χ1n) is 12.2. The molecule has 3 aromatic carbocycles. The van der Waals surface area contributed by atoms with Crippen LogP contribution in [0.5, 0.6) is 5.75 Å². The third-order valence-corrected chi connectivity index (χ3v) is 6.23. The summed E-state index contributed by atoms with van der Waals surface area (Å²) in [5.41, 5.74) is 7.93. The summed E-state index contributed by atoms with van der Waals surface area (Å²) in [4.78, 5) is 28.2. The monoisotopic (exact) mass is 502 g/mol. The molecule has 37 heavy (non-hydrogen) atoms. The summed E-state index contributed by atoms with van der Waals surface area (Å²) < 4.78 is 5.23. The predicted octanol–water partition coefficient (Wildman–Crippen LogP) is 3.61. The van der Waals surface area contributed by atoms with Crippen LogP contribution in [0.2, 0.25) is 0 Å². The molecule has 0 aliphatic heterocycles. The second kappa shape index (κ2) is 13.7. The first-order valence-corrected chi connectivity index (χ1v) is 12.2. The summed E-state index contributed by atoms with van der Waals surface area (Å²) in [5.74, 6) is -1.42. The van der Waals surface area contributed by atoms with Crippen LogP contribution >= 0.6 is 0 Å². The summed E-state index contributed by atoms with van der Waals surface area (Å²) in [6, 6.07) is 25.4. The van der Waals surface area contributed by atoms with Crippen molar-refractivity contribution < 1.29 is 19.4 Å². The van der Waals surface area contributed by atoms with Crippen molar-refractivity contribution in [2.45, 2.75) is 31.2 Å². The number of carboxylic acids is 1. The molecule has 0 saturated carbocycles. The molecule has 0 aliphatic rings. The highest BCUT2D eigenvalue weighted by molar-refractivity contribution is 5.90. The van der Waals surface area contributed by atoms with Gasteiger partial charge in [0.1, 0.15) is 11.8 Å². The molecule has 0 fully saturated rings. The van der Waals surface area contributed by atoms with Crippen LogP contribution in [0.4, 0.5) is 0 Å². The molecular formula is C29H34N4O4. The number of aliphatic carboxylic acids is 1. The van der Waals surface area contributed by atoms with Gasteiger partial charge in [-0.05, 0) is 48.1 Å². The van der Waals surface area contributed by atoms with Gasteiger partial charge < -0.3 is 25.8 Å². The molecule has 0 spiro atoms. The zero-order valence-electron chi connectivity index (χ0n) is 21.0. The molecule has 1 atom stereocenters. The Kier molecular flexibility index (Phi) is 10.1. The predicted molar refractivity (Wildman–Crippen MR) is 144 cm³/mol. The van der Waals surface area contributed by atoms with E-state index in [0.717, 1.165) is 22.4 Å². The van der Waals surface area contributed by atoms with Gasteiger partial charge in [-0.3, -0.25) is 10.2 Å². The van der Waals surface area contributed by atoms with E-state index in [0.29, 0.717) is 19.4 Å². The normalized spacial score (nSPS) is 11.5. The summed E-state index contributed by atoms with van der Waals surface area (Å²) >= 11 is 0. The smallest absolute Gasteiger partial charge is 0.326 e. The van der Waals surface area contributed by atoms with E-state index < -0.39 is 17.9 Å². The lowest BCUT2D eigenvalue weighted by Crippen LogP contribution is -2.48. The zero-order valence-corrected chi connectivity index (χ0v) is 21.0. The van der Waals surface area contributed by atoms with Gasteiger partial charge in [-0.25, -0.2) is 4.79 Å². The topological polar surface area (TPSA) is 129 Å². The van der Waals surface area contributed by atoms with Crippen molar-refractivity contribution in [3.63, 3.8) is 0 Å². The van der Waals surface area contributed by atoms with Gasteiger partial charge in [0.05, 0.1) is 13.0 Å². The van der Waals surface area contributed by atoms with Gasteiger partial charge in [0.2, 0.25) is 5.91 Å². The van der Waals surface area contributed by atoms with Gasteiger partial charge >= 0.3 is 5.97 Å². The molecule has 0 radical (unpaired) electrons. The second-order valence-electron chi connectivity index (χ2n) is 8.72. The molecule has 0 unspecified atom stereocenters. The largest absolute Gasteiger partial charge is 0.497 e. The third kappa shape index (κ3) is 7.83. The first-order chi connectivity index (χ1) is 17.9. The molecule has 0 heterocycles. The van der Waals surface area contributed by atoms with Crippen LogP contribution in [0.3, 0.4) is 0 Å². The minimum absolute atomic E-state index is 0.174. The lowest BCUT2D eigenvalue weighted by molar-refractivity contribution is -0.151. The number of carboxylic acid groups (broad SMARTS) is 1. The van der Waals surface area contributed by atoms with Crippen molar-refractivity contribution in [1.29, 1.82) is 5.41 Å². The second-order valence-corrected chi connectivity index (χ2v) is 8.72. The number of nitrogens with zero attached hydrogens (tertiary/aromatic N) is 1. The standard InChI is InChI=1S/C29H34N4O4/c1-37-24-16-14-21(15-17-24)18-20-33(25(28(35)36)13-8-19-32-29(30)31)27(34)26(22-9-4-2-5-10-22)23-11-6-3-7-12-23/h2-7,9-12,14-17,25-26H,8,13,18-20H2,1H3,(H,35,36)(H4,30,31,32)/t25-/m0/s1. The van der Waals surface area contributed by atoms with Crippen LogP contribution in [-0.4, -0.2) is 54.1 Å². The quantitative estimate of drug-likeness (QED) is 0.161. The highest BCUT2D eigenvalue weighted by Gasteiger charge is 2.34. The van der Waals surface area contributed by atoms with Crippen molar-refractivity contribution in [3.8, 4) is 5.75 Å². The summed E-state index contributed by atoms with van der Waals surface area (Å²) in [7, 11) is 1.60. The Morgan fingerprint density at radius 2 is 1.54 bits per heavy atom. The molecule has 8 heteroatoms. The Labute approximate surface area is 217 Å². The van der Waals surface area contributed by atoms with Crippen LogP contribution < -0.4 is 15.8 Å². The molecule has 0 bridgehead atoms. The van der Waals surface area contributed by atoms with Gasteiger partial charge in [-0.15, -0.1) is 0 Å². The molecule has 3 rings (SSSR count). The number of ether oxygens (including phenoxy) is 1. The Morgan fingerprint density at radius 1 is 0.973 bits per heavy atom. The fourth-order valence-electron chi connectivity index (χ4n) is 4.33. The number of methoxy groups -OCH3 is 1. The molecule has 0 saturated heterocycles. The number of hydrogen-bond acceptors (Lipinski definition) is 4. The first kappa shape index (κ1) is 27.3. The lowest BCUT2D eigenvalue weighted by Gasteiger charge is -2.33. The summed E-state index contributed by atoms with van der Waals surface area (Å²) in [6.45, 7) is 0.582. The van der Waals surface area contributed by atoms with Crippen molar-refractivity contribution >= 4 is 17.8 Å². The van der Waals surface area contributed by atoms with E-state index in [1.54, 1.807) is 7.11 Å². The Balaban J connectivity index is 1.94. The molecular weight excluding hydrogens is 468 g/mol. The fourth-order valence-corrected chi connectivity index (χ4v) is 4.33. The van der Waals surface area contributed by atoms with Crippen molar-refractivity contribution in [2.75, 3.05) is 20.2 Å². The van der Waals surface area contributed by atoms with Gasteiger partial charge in [0.25, 0.3) is 0 Å². The maximum absolute atomic E-state index is 14.2. The van der Waals surface area contributed by atoms with Gasteiger partial charge in [0.15, 0.2) is 5.96 Å². The number of nitrogens with two attached hydrogens (primary N) is 1. The van der Waals surface area contributed by atoms with E-state index in [4.69, 9.17) is 15.9 Å². The van der Waals surface area contributed by atoms with Crippen molar-refractivity contribution in [1.82, 2.24) is 10.2 Å². The number of rotatable bonds is 13. The number of guanidine groups is 1. The minimum atomic E-state index is -1.06. The van der Waals surface area contributed by atoms with Gasteiger partial charge in [-0.1, -0.05) is 72.8 Å². The van der Waals surface area contributed by atoms with E-state index in [-0.39, 0.29) is 24.8 Å². The van der Waals surface area contributed by atoms with Crippen LogP contribution in [0.15, 0.2) is 84.9 Å². The fraction of sp³-hybridized carbons (Fsp3) is 0.276. The van der Waals surface area contributed by atoms with Crippen LogP contribution in [-0.2, 0) is 16.0 Å². The maximum Gasteiger partial charge on any atom is 0.326 e. The molecule has 5 N–H and O–H groups in total. The number of nitrogens with one attached hydrogen (secondary N) is 2. The van der Waals surface area contributed by atoms with Crippen LogP contribution in [0.1, 0.15) is 35.4 Å². The number of hydrogen-bond donors (Lipinski definition) is 4. The highest BCUT2D eigenvalue weighted by Crippen LogP contribution is 2.29. The zero-order chi connectivity index (χ0) is 26.6. The SMILES string of the molecule is COc1ccc(CCN(C(=O)C(c2ccccc2)c2ccccc2)[C@@H](CCCNC(=N)N)C(=O)O)cc1. The minimum Gasteiger partial charge on any atom is -0.497 e. The lowest BCUT2D eigenvalue weighted by atomic mass is 9.89. The number of carbonyl (C=O) groups is 2. The number of amides is 1. The van der Waals surface area contributed by atoms with E-state index in [1.807, 2.05) is 84.9 Å². The molecule has 1 amide bonds. The molecule has 8 nitrogen and oxygen atoms in total. The Hall–Kier alpha value is -4.33. The number of benzene rings is 3. The van der Waals surface area contributed by atoms with E-state index in [1.165, 1.54) is 4.90 Å². The summed E-state index contributed by atoms with van der Waals surface area (Å²) in [6.07, 6.45) is 1.14. The van der Waals surface area contributed by atoms with E-state index in [2.05, 4.69) is 5.32 Å². The number of carbonyl (C=O) groups excluding carboxylic acids is 1. The molecule has 3 aromatic rings. The molecule has 0 aromatic heterocycles. The molecule has 194 valence electrons. The van der Waals surface area contributed by atoms with Crippen LogP contribution in [0.25, 0.3) is 0 Å². The Bertz CT molecular complexity index is 1110. The maximum atomic E-state index is 14.2. The highest BCUT2D eigenvalue weighted by atomic mass is 16.5. The van der Waals surface area contributed by atoms with Crippen LogP contribution in [0, 0.1) is 5.41 Å².